The highest BCUT2D eigenvalue weighted by Gasteiger charge is 2.21. The van der Waals surface area contributed by atoms with E-state index in [0.29, 0.717) is 16.8 Å². The summed E-state index contributed by atoms with van der Waals surface area (Å²) in [4.78, 5) is 15.3. The van der Waals surface area contributed by atoms with E-state index in [9.17, 15) is 4.79 Å². The van der Waals surface area contributed by atoms with Crippen molar-refractivity contribution in [3.05, 3.63) is 59.4 Å². The number of para-hydroxylation sites is 1. The Balaban J connectivity index is 1.64. The molecule has 1 aromatic heterocycles. The van der Waals surface area contributed by atoms with Gasteiger partial charge in [0.05, 0.1) is 18.3 Å². The van der Waals surface area contributed by atoms with Gasteiger partial charge in [0.25, 0.3) is 0 Å². The molecular formula is C20H21ClN4O2S. The van der Waals surface area contributed by atoms with Crippen molar-refractivity contribution in [1.29, 1.82) is 0 Å². The number of aromatic nitrogens is 2. The Morgan fingerprint density at radius 2 is 2.04 bits per heavy atom. The van der Waals surface area contributed by atoms with E-state index in [1.54, 1.807) is 23.9 Å². The van der Waals surface area contributed by atoms with Gasteiger partial charge in [0, 0.05) is 15.5 Å². The molecule has 0 spiro atoms. The van der Waals surface area contributed by atoms with Crippen molar-refractivity contribution < 1.29 is 9.21 Å². The Bertz CT molecular complexity index is 963. The number of nitrogens with zero attached hydrogens (tertiary/aromatic N) is 3. The highest BCUT2D eigenvalue weighted by Crippen LogP contribution is 2.26. The Kier molecular flexibility index (Phi) is 6.72. The van der Waals surface area contributed by atoms with Crippen LogP contribution in [0.4, 0.5) is 5.69 Å². The lowest BCUT2D eigenvalue weighted by Crippen LogP contribution is -2.32. The lowest BCUT2D eigenvalue weighted by molar-refractivity contribution is -0.117. The molecule has 0 radical (unpaired) electrons. The number of hydrogen-bond acceptors (Lipinski definition) is 6. The van der Waals surface area contributed by atoms with Gasteiger partial charge in [-0.05, 0) is 50.6 Å². The van der Waals surface area contributed by atoms with E-state index in [1.807, 2.05) is 61.5 Å². The number of carbonyl (C=O) groups excluding carboxylic acids is 1. The highest BCUT2D eigenvalue weighted by molar-refractivity contribution is 7.98. The van der Waals surface area contributed by atoms with Crippen molar-refractivity contribution in [2.45, 2.75) is 17.9 Å². The van der Waals surface area contributed by atoms with Crippen LogP contribution in [0.15, 0.2) is 57.8 Å². The van der Waals surface area contributed by atoms with Crippen LogP contribution in [0.5, 0.6) is 0 Å². The number of carbonyl (C=O) groups is 1. The molecule has 0 aliphatic carbocycles. The Morgan fingerprint density at radius 3 is 2.79 bits per heavy atom. The number of nitrogens with one attached hydrogen (secondary N) is 1. The molecule has 146 valence electrons. The van der Waals surface area contributed by atoms with Crippen molar-refractivity contribution in [1.82, 2.24) is 15.1 Å². The van der Waals surface area contributed by atoms with Crippen LogP contribution >= 0.6 is 23.4 Å². The first-order chi connectivity index (χ1) is 13.5. The number of hydrogen-bond donors (Lipinski definition) is 1. The number of thioether (sulfide) groups is 1. The average molecular weight is 417 g/mol. The first kappa shape index (κ1) is 20.4. The van der Waals surface area contributed by atoms with Crippen LogP contribution in [0.25, 0.3) is 11.5 Å². The summed E-state index contributed by atoms with van der Waals surface area (Å²) < 4.78 is 5.79. The second kappa shape index (κ2) is 9.23. The van der Waals surface area contributed by atoms with Crippen LogP contribution in [0.3, 0.4) is 0 Å². The molecular weight excluding hydrogens is 396 g/mol. The zero-order chi connectivity index (χ0) is 20.1. The number of likely N-dealkylation sites (N-methyl/N-ethyl adjacent to an activating group) is 1. The molecule has 0 saturated heterocycles. The molecule has 8 heteroatoms. The maximum absolute atomic E-state index is 12.4. The van der Waals surface area contributed by atoms with E-state index >= 15 is 0 Å². The number of anilines is 1. The monoisotopic (exact) mass is 416 g/mol. The zero-order valence-corrected chi connectivity index (χ0v) is 17.4. The summed E-state index contributed by atoms with van der Waals surface area (Å²) in [6.45, 7) is 2.11. The lowest BCUT2D eigenvalue weighted by atomic mass is 10.2. The van der Waals surface area contributed by atoms with Crippen LogP contribution in [0, 0.1) is 0 Å². The van der Waals surface area contributed by atoms with Gasteiger partial charge in [-0.25, -0.2) is 0 Å². The maximum Gasteiger partial charge on any atom is 0.247 e. The predicted octanol–water partition coefficient (Wildman–Crippen LogP) is 4.74. The van der Waals surface area contributed by atoms with Gasteiger partial charge >= 0.3 is 0 Å². The molecule has 28 heavy (non-hydrogen) atoms. The highest BCUT2D eigenvalue weighted by atomic mass is 35.5. The molecule has 6 nitrogen and oxygen atoms in total. The topological polar surface area (TPSA) is 71.3 Å². The van der Waals surface area contributed by atoms with Crippen molar-refractivity contribution in [3.63, 3.8) is 0 Å². The molecule has 1 N–H and O–H groups in total. The molecule has 1 heterocycles. The SMILES string of the molecule is CSc1ccccc1NC(=O)CN(C)C(C)c1nnc(-c2cccc(Cl)c2)o1. The largest absolute Gasteiger partial charge is 0.419 e. The molecule has 3 aromatic rings. The summed E-state index contributed by atoms with van der Waals surface area (Å²) in [7, 11) is 1.84. The van der Waals surface area contributed by atoms with Crippen molar-refractivity contribution in [2.24, 2.45) is 0 Å². The van der Waals surface area contributed by atoms with Crippen LogP contribution in [0.2, 0.25) is 5.02 Å². The fourth-order valence-electron chi connectivity index (χ4n) is 2.63. The van der Waals surface area contributed by atoms with E-state index in [1.165, 1.54) is 0 Å². The molecule has 0 fully saturated rings. The Morgan fingerprint density at radius 1 is 1.25 bits per heavy atom. The minimum Gasteiger partial charge on any atom is -0.419 e. The fourth-order valence-corrected chi connectivity index (χ4v) is 3.38. The van der Waals surface area contributed by atoms with Gasteiger partial charge in [0.1, 0.15) is 0 Å². The molecule has 2 aromatic carbocycles. The molecule has 0 bridgehead atoms. The maximum atomic E-state index is 12.4. The Hall–Kier alpha value is -2.35. The van der Waals surface area contributed by atoms with Gasteiger partial charge in [-0.3, -0.25) is 9.69 Å². The van der Waals surface area contributed by atoms with Gasteiger partial charge in [-0.2, -0.15) is 0 Å². The first-order valence-corrected chi connectivity index (χ1v) is 10.3. The number of benzene rings is 2. The van der Waals surface area contributed by atoms with Crippen molar-refractivity contribution >= 4 is 35.0 Å². The van der Waals surface area contributed by atoms with E-state index in [2.05, 4.69) is 15.5 Å². The second-order valence-corrected chi connectivity index (χ2v) is 7.58. The third-order valence-corrected chi connectivity index (χ3v) is 5.34. The Labute approximate surface area is 173 Å². The molecule has 1 unspecified atom stereocenters. The molecule has 3 rings (SSSR count). The quantitative estimate of drug-likeness (QED) is 0.561. The van der Waals surface area contributed by atoms with Crippen LogP contribution in [-0.2, 0) is 4.79 Å². The third kappa shape index (κ3) is 4.92. The summed E-state index contributed by atoms with van der Waals surface area (Å²) in [6.07, 6.45) is 1.98. The first-order valence-electron chi connectivity index (χ1n) is 8.70. The lowest BCUT2D eigenvalue weighted by Gasteiger charge is -2.21. The summed E-state index contributed by atoms with van der Waals surface area (Å²) in [5.74, 6) is 0.733. The van der Waals surface area contributed by atoms with Crippen LogP contribution in [0.1, 0.15) is 18.9 Å². The predicted molar refractivity (Wildman–Crippen MR) is 113 cm³/mol. The van der Waals surface area contributed by atoms with Gasteiger partial charge < -0.3 is 9.73 Å². The van der Waals surface area contributed by atoms with Gasteiger partial charge in [0.15, 0.2) is 0 Å². The summed E-state index contributed by atoms with van der Waals surface area (Å²) in [5.41, 5.74) is 1.56. The van der Waals surface area contributed by atoms with Crippen molar-refractivity contribution in [3.8, 4) is 11.5 Å². The second-order valence-electron chi connectivity index (χ2n) is 6.30. The van der Waals surface area contributed by atoms with Crippen LogP contribution in [-0.4, -0.2) is 40.9 Å². The van der Waals surface area contributed by atoms with Gasteiger partial charge in [-0.15, -0.1) is 22.0 Å². The van der Waals surface area contributed by atoms with Gasteiger partial charge in [0.2, 0.25) is 17.7 Å². The van der Waals surface area contributed by atoms with Crippen molar-refractivity contribution in [2.75, 3.05) is 25.2 Å². The molecule has 0 saturated carbocycles. The molecule has 1 amide bonds. The minimum atomic E-state index is -0.220. The van der Waals surface area contributed by atoms with E-state index in [-0.39, 0.29) is 18.5 Å². The molecule has 0 aliphatic rings. The number of rotatable bonds is 7. The average Bonchev–Trinajstić information content (AvgIpc) is 3.18. The van der Waals surface area contributed by atoms with Gasteiger partial charge in [-0.1, -0.05) is 29.8 Å². The summed E-state index contributed by atoms with van der Waals surface area (Å²) in [5, 5.41) is 11.8. The molecule has 0 aliphatic heterocycles. The fraction of sp³-hybridized carbons (Fsp3) is 0.250. The number of halogens is 1. The van der Waals surface area contributed by atoms with Crippen LogP contribution < -0.4 is 5.32 Å². The number of amides is 1. The minimum absolute atomic E-state index is 0.106. The van der Waals surface area contributed by atoms with E-state index in [4.69, 9.17) is 16.0 Å². The van der Waals surface area contributed by atoms with E-state index < -0.39 is 0 Å². The molecule has 1 atom stereocenters. The van der Waals surface area contributed by atoms with E-state index in [0.717, 1.165) is 16.1 Å². The third-order valence-electron chi connectivity index (χ3n) is 4.30. The smallest absolute Gasteiger partial charge is 0.247 e. The summed E-state index contributed by atoms with van der Waals surface area (Å²) in [6, 6.07) is 14.7. The zero-order valence-electron chi connectivity index (χ0n) is 15.8. The standard InChI is InChI=1S/C20H21ClN4O2S/c1-13(19-23-24-20(27-19)14-7-6-8-15(21)11-14)25(2)12-18(26)22-16-9-4-5-10-17(16)28-3/h4-11,13H,12H2,1-3H3,(H,22,26). The summed E-state index contributed by atoms with van der Waals surface area (Å²) >= 11 is 7.61. The normalized spacial score (nSPS) is 12.2.